The van der Waals surface area contributed by atoms with E-state index in [2.05, 4.69) is 32.0 Å². The van der Waals surface area contributed by atoms with Crippen LogP contribution in [0.25, 0.3) is 11.5 Å². The average molecular weight is 340 g/mol. The van der Waals surface area contributed by atoms with Gasteiger partial charge in [0.1, 0.15) is 11.4 Å². The summed E-state index contributed by atoms with van der Waals surface area (Å²) in [4.78, 5) is 11.1. The molecule has 130 valence electrons. The quantitative estimate of drug-likeness (QED) is 0.720. The van der Waals surface area contributed by atoms with E-state index < -0.39 is 5.60 Å². The zero-order valence-corrected chi connectivity index (χ0v) is 14.5. The molecule has 0 aromatic carbocycles. The molecule has 1 saturated heterocycles. The molecule has 1 atom stereocenters. The Hall–Kier alpha value is -2.74. The summed E-state index contributed by atoms with van der Waals surface area (Å²) >= 11 is 0. The number of aryl methyl sites for hydroxylation is 2. The van der Waals surface area contributed by atoms with Gasteiger partial charge in [-0.2, -0.15) is 10.1 Å². The van der Waals surface area contributed by atoms with Gasteiger partial charge in [-0.1, -0.05) is 5.16 Å². The molecule has 1 aliphatic rings. The van der Waals surface area contributed by atoms with Crippen molar-refractivity contribution in [2.75, 3.05) is 24.6 Å². The third-order valence-corrected chi connectivity index (χ3v) is 4.43. The number of hydrogen-bond donors (Lipinski definition) is 0. The number of hydrogen-bond acceptors (Lipinski definition) is 7. The van der Waals surface area contributed by atoms with Crippen LogP contribution in [0.1, 0.15) is 18.3 Å². The van der Waals surface area contributed by atoms with Crippen LogP contribution in [0.15, 0.2) is 35.2 Å². The molecule has 0 saturated carbocycles. The van der Waals surface area contributed by atoms with Gasteiger partial charge in [0.15, 0.2) is 5.82 Å². The third kappa shape index (κ3) is 2.89. The smallest absolute Gasteiger partial charge is 0.261 e. The average Bonchev–Trinajstić information content (AvgIpc) is 3.24. The molecule has 0 amide bonds. The van der Waals surface area contributed by atoms with E-state index in [9.17, 15) is 0 Å². The van der Waals surface area contributed by atoms with Crippen LogP contribution in [-0.2, 0) is 17.4 Å². The predicted molar refractivity (Wildman–Crippen MR) is 91.0 cm³/mol. The largest absolute Gasteiger partial charge is 0.367 e. The molecular weight excluding hydrogens is 320 g/mol. The summed E-state index contributed by atoms with van der Waals surface area (Å²) < 4.78 is 13.2. The normalized spacial score (nSPS) is 20.8. The zero-order chi connectivity index (χ0) is 17.4. The Morgan fingerprint density at radius 1 is 1.32 bits per heavy atom. The van der Waals surface area contributed by atoms with Crippen LogP contribution in [0.5, 0.6) is 0 Å². The van der Waals surface area contributed by atoms with Crippen molar-refractivity contribution in [2.24, 2.45) is 7.05 Å². The number of morpholine rings is 1. The lowest BCUT2D eigenvalue weighted by Gasteiger charge is -2.41. The van der Waals surface area contributed by atoms with Crippen molar-refractivity contribution in [3.8, 4) is 11.5 Å². The molecule has 0 aliphatic carbocycles. The molecule has 0 bridgehead atoms. The highest BCUT2D eigenvalue weighted by atomic mass is 16.5. The summed E-state index contributed by atoms with van der Waals surface area (Å²) in [5.41, 5.74) is 1.43. The van der Waals surface area contributed by atoms with E-state index in [0.717, 1.165) is 23.5 Å². The molecule has 0 N–H and O–H groups in total. The summed E-state index contributed by atoms with van der Waals surface area (Å²) in [6, 6.07) is 3.82. The minimum Gasteiger partial charge on any atom is -0.367 e. The number of aromatic nitrogens is 5. The molecule has 3 aromatic rings. The van der Waals surface area contributed by atoms with Gasteiger partial charge in [0.05, 0.1) is 24.9 Å². The molecule has 4 heterocycles. The van der Waals surface area contributed by atoms with E-state index in [0.29, 0.717) is 24.9 Å². The first kappa shape index (κ1) is 15.8. The number of anilines is 1. The van der Waals surface area contributed by atoms with Crippen molar-refractivity contribution < 1.29 is 9.26 Å². The van der Waals surface area contributed by atoms with E-state index in [1.165, 1.54) is 0 Å². The van der Waals surface area contributed by atoms with Gasteiger partial charge in [0.2, 0.25) is 0 Å². The maximum atomic E-state index is 6.09. The van der Waals surface area contributed by atoms with Gasteiger partial charge in [-0.15, -0.1) is 0 Å². The fraction of sp³-hybridized carbons (Fsp3) is 0.412. The molecule has 0 radical (unpaired) electrons. The Labute approximate surface area is 145 Å². The second kappa shape index (κ2) is 5.96. The molecule has 8 nitrogen and oxygen atoms in total. The fourth-order valence-electron chi connectivity index (χ4n) is 3.14. The molecule has 0 unspecified atom stereocenters. The van der Waals surface area contributed by atoms with Gasteiger partial charge >= 0.3 is 0 Å². The lowest BCUT2D eigenvalue weighted by molar-refractivity contribution is -0.0468. The highest BCUT2D eigenvalue weighted by Crippen LogP contribution is 2.34. The molecular formula is C17H20N6O2. The second-order valence-electron chi connectivity index (χ2n) is 6.42. The van der Waals surface area contributed by atoms with E-state index in [1.54, 1.807) is 17.8 Å². The maximum absolute atomic E-state index is 6.09. The van der Waals surface area contributed by atoms with E-state index in [1.807, 2.05) is 31.6 Å². The Morgan fingerprint density at radius 3 is 2.92 bits per heavy atom. The molecule has 1 fully saturated rings. The maximum Gasteiger partial charge on any atom is 0.261 e. The number of rotatable bonds is 3. The number of pyridine rings is 1. The summed E-state index contributed by atoms with van der Waals surface area (Å²) in [7, 11) is 1.90. The van der Waals surface area contributed by atoms with Crippen molar-refractivity contribution in [1.82, 2.24) is 24.9 Å². The second-order valence-corrected chi connectivity index (χ2v) is 6.42. The van der Waals surface area contributed by atoms with Crippen LogP contribution >= 0.6 is 0 Å². The van der Waals surface area contributed by atoms with Crippen LogP contribution in [0.4, 0.5) is 5.82 Å². The van der Waals surface area contributed by atoms with Gasteiger partial charge in [-0.3, -0.25) is 4.68 Å². The Morgan fingerprint density at radius 2 is 2.20 bits per heavy atom. The van der Waals surface area contributed by atoms with Crippen LogP contribution in [-0.4, -0.2) is 44.6 Å². The first-order chi connectivity index (χ1) is 12.0. The minimum atomic E-state index is -0.452. The van der Waals surface area contributed by atoms with E-state index >= 15 is 0 Å². The van der Waals surface area contributed by atoms with Gasteiger partial charge in [-0.05, 0) is 26.0 Å². The Balaban J connectivity index is 1.68. The van der Waals surface area contributed by atoms with Gasteiger partial charge in [0.25, 0.3) is 5.89 Å². The van der Waals surface area contributed by atoms with Gasteiger partial charge < -0.3 is 14.2 Å². The standard InChI is InChI=1S/C17H20N6O2/c1-12-20-16(25-21-12)14-5-4-6-18-15(14)23-7-8-24-17(2,11-23)13-9-19-22(3)10-13/h4-6,9-10H,7-8,11H2,1-3H3/t17-/m1/s1. The summed E-state index contributed by atoms with van der Waals surface area (Å²) in [5.74, 6) is 1.91. The van der Waals surface area contributed by atoms with Crippen LogP contribution < -0.4 is 4.90 Å². The molecule has 1 aliphatic heterocycles. The van der Waals surface area contributed by atoms with Crippen LogP contribution in [0, 0.1) is 6.92 Å². The van der Waals surface area contributed by atoms with E-state index in [-0.39, 0.29) is 0 Å². The van der Waals surface area contributed by atoms with Crippen molar-refractivity contribution in [3.63, 3.8) is 0 Å². The van der Waals surface area contributed by atoms with Crippen LogP contribution in [0.3, 0.4) is 0 Å². The highest BCUT2D eigenvalue weighted by Gasteiger charge is 2.36. The first-order valence-electron chi connectivity index (χ1n) is 8.19. The zero-order valence-electron chi connectivity index (χ0n) is 14.5. The molecule has 3 aromatic heterocycles. The van der Waals surface area contributed by atoms with Crippen molar-refractivity contribution in [1.29, 1.82) is 0 Å². The van der Waals surface area contributed by atoms with Crippen molar-refractivity contribution >= 4 is 5.82 Å². The molecule has 25 heavy (non-hydrogen) atoms. The summed E-state index contributed by atoms with van der Waals surface area (Å²) in [6.45, 7) is 5.89. The lowest BCUT2D eigenvalue weighted by Crippen LogP contribution is -2.48. The first-order valence-corrected chi connectivity index (χ1v) is 8.19. The molecule has 8 heteroatoms. The Bertz CT molecular complexity index is 889. The van der Waals surface area contributed by atoms with Crippen molar-refractivity contribution in [3.05, 3.63) is 42.1 Å². The van der Waals surface area contributed by atoms with Crippen molar-refractivity contribution in [2.45, 2.75) is 19.4 Å². The fourth-order valence-corrected chi connectivity index (χ4v) is 3.14. The topological polar surface area (TPSA) is 82.1 Å². The Kier molecular flexibility index (Phi) is 3.76. The lowest BCUT2D eigenvalue weighted by atomic mass is 9.96. The van der Waals surface area contributed by atoms with E-state index in [4.69, 9.17) is 9.26 Å². The number of ether oxygens (including phenoxy) is 1. The van der Waals surface area contributed by atoms with Gasteiger partial charge in [0, 0.05) is 31.5 Å². The minimum absolute atomic E-state index is 0.452. The number of nitrogens with zero attached hydrogens (tertiary/aromatic N) is 6. The SMILES string of the molecule is Cc1noc(-c2cccnc2N2CCO[C@@](C)(c3cnn(C)c3)C2)n1. The summed E-state index contributed by atoms with van der Waals surface area (Å²) in [6.07, 6.45) is 5.62. The van der Waals surface area contributed by atoms with Crippen LogP contribution in [0.2, 0.25) is 0 Å². The molecule has 4 rings (SSSR count). The third-order valence-electron chi connectivity index (χ3n) is 4.43. The highest BCUT2D eigenvalue weighted by molar-refractivity contribution is 5.70. The summed E-state index contributed by atoms with van der Waals surface area (Å²) in [5, 5.41) is 8.16. The molecule has 0 spiro atoms. The predicted octanol–water partition coefficient (Wildman–Crippen LogP) is 1.93. The van der Waals surface area contributed by atoms with Gasteiger partial charge in [-0.25, -0.2) is 4.98 Å². The monoisotopic (exact) mass is 340 g/mol.